The third-order valence-corrected chi connectivity index (χ3v) is 6.04. The molecule has 166 valence electrons. The highest BCUT2D eigenvalue weighted by Crippen LogP contribution is 2.33. The third-order valence-electron chi connectivity index (χ3n) is 6.04. The topological polar surface area (TPSA) is 72.1 Å². The fraction of sp³-hybridized carbons (Fsp3) is 0.259. The summed E-state index contributed by atoms with van der Waals surface area (Å²) >= 11 is 0. The van der Waals surface area contributed by atoms with Crippen molar-refractivity contribution in [1.82, 2.24) is 15.0 Å². The van der Waals surface area contributed by atoms with Gasteiger partial charge in [0, 0.05) is 29.8 Å². The van der Waals surface area contributed by atoms with E-state index in [-0.39, 0.29) is 5.91 Å². The lowest BCUT2D eigenvalue weighted by Crippen LogP contribution is -2.26. The summed E-state index contributed by atoms with van der Waals surface area (Å²) in [4.78, 5) is 28.5. The van der Waals surface area contributed by atoms with Crippen molar-refractivity contribution < 1.29 is 9.21 Å². The maximum atomic E-state index is 12.8. The van der Waals surface area contributed by atoms with E-state index >= 15 is 0 Å². The predicted molar refractivity (Wildman–Crippen MR) is 128 cm³/mol. The minimum Gasteiger partial charge on any atom is -0.446 e. The molecule has 0 atom stereocenters. The second-order valence-electron chi connectivity index (χ2n) is 8.78. The van der Waals surface area contributed by atoms with Gasteiger partial charge >= 0.3 is 0 Å². The summed E-state index contributed by atoms with van der Waals surface area (Å²) in [6.45, 7) is 8.54. The number of nitrogens with zero attached hydrogens (tertiary/aromatic N) is 4. The van der Waals surface area contributed by atoms with Crippen LogP contribution in [0.15, 0.2) is 59.1 Å². The van der Waals surface area contributed by atoms with Crippen LogP contribution < -0.4 is 4.90 Å². The number of hydrogen-bond donors (Lipinski definition) is 0. The minimum absolute atomic E-state index is 0.0423. The van der Waals surface area contributed by atoms with Crippen molar-refractivity contribution in [2.75, 3.05) is 4.90 Å². The number of hydrogen-bond acceptors (Lipinski definition) is 5. The Morgan fingerprint density at radius 1 is 1.03 bits per heavy atom. The average Bonchev–Trinajstić information content (AvgIpc) is 3.31. The smallest absolute Gasteiger partial charge is 0.233 e. The van der Waals surface area contributed by atoms with Crippen molar-refractivity contribution >= 4 is 11.7 Å². The van der Waals surface area contributed by atoms with Crippen molar-refractivity contribution in [2.45, 2.75) is 46.6 Å². The van der Waals surface area contributed by atoms with E-state index in [9.17, 15) is 4.79 Å². The van der Waals surface area contributed by atoms with Crippen molar-refractivity contribution in [2.24, 2.45) is 0 Å². The van der Waals surface area contributed by atoms with E-state index in [1.807, 2.05) is 56.3 Å². The zero-order valence-electron chi connectivity index (χ0n) is 19.3. The molecule has 1 amide bonds. The molecule has 4 aromatic rings. The summed E-state index contributed by atoms with van der Waals surface area (Å²) < 4.78 is 5.55. The standard InChI is InChI=1S/C27H26N4O2/c1-16(2)22-7-5-6-8-23(22)26-28-14-21-13-24(32)31(27(21)30-26)15-19-9-11-20(12-10-19)25-17(3)33-18(4)29-25/h5-12,14,16H,13,15H2,1-4H3. The molecule has 2 aromatic carbocycles. The zero-order valence-corrected chi connectivity index (χ0v) is 19.3. The second kappa shape index (κ2) is 8.28. The first kappa shape index (κ1) is 21.1. The van der Waals surface area contributed by atoms with E-state index in [1.54, 1.807) is 11.1 Å². The summed E-state index contributed by atoms with van der Waals surface area (Å²) in [5.41, 5.74) is 5.95. The quantitative estimate of drug-likeness (QED) is 0.404. The molecule has 5 rings (SSSR count). The second-order valence-corrected chi connectivity index (χ2v) is 8.78. The molecule has 0 aliphatic carbocycles. The molecule has 1 aliphatic heterocycles. The highest BCUT2D eigenvalue weighted by atomic mass is 16.4. The van der Waals surface area contributed by atoms with Crippen LogP contribution >= 0.6 is 0 Å². The van der Waals surface area contributed by atoms with Gasteiger partial charge in [-0.05, 0) is 24.0 Å². The predicted octanol–water partition coefficient (Wildman–Crippen LogP) is 5.63. The Morgan fingerprint density at radius 3 is 2.48 bits per heavy atom. The summed E-state index contributed by atoms with van der Waals surface area (Å²) in [5, 5.41) is 0. The highest BCUT2D eigenvalue weighted by molar-refractivity contribution is 6.00. The molecule has 0 fully saturated rings. The molecular weight excluding hydrogens is 412 g/mol. The molecule has 3 heterocycles. The first-order valence-corrected chi connectivity index (χ1v) is 11.2. The van der Waals surface area contributed by atoms with Gasteiger partial charge in [-0.15, -0.1) is 0 Å². The first-order chi connectivity index (χ1) is 15.9. The number of oxazole rings is 1. The van der Waals surface area contributed by atoms with E-state index in [1.165, 1.54) is 5.56 Å². The van der Waals surface area contributed by atoms with Gasteiger partial charge < -0.3 is 4.42 Å². The van der Waals surface area contributed by atoms with Crippen molar-refractivity contribution in [3.05, 3.63) is 83.1 Å². The summed E-state index contributed by atoms with van der Waals surface area (Å²) in [5.74, 6) is 3.21. The molecule has 0 bridgehead atoms. The monoisotopic (exact) mass is 438 g/mol. The molecule has 0 saturated heterocycles. The Labute approximate surface area is 193 Å². The van der Waals surface area contributed by atoms with Crippen LogP contribution in [-0.2, 0) is 17.8 Å². The van der Waals surface area contributed by atoms with Crippen LogP contribution in [-0.4, -0.2) is 20.9 Å². The van der Waals surface area contributed by atoms with Gasteiger partial charge in [-0.3, -0.25) is 9.69 Å². The van der Waals surface area contributed by atoms with Gasteiger partial charge in [-0.2, -0.15) is 0 Å². The normalized spacial score (nSPS) is 13.1. The Bertz CT molecular complexity index is 1340. The third kappa shape index (κ3) is 3.93. The molecule has 0 radical (unpaired) electrons. The van der Waals surface area contributed by atoms with Crippen LogP contribution in [0.25, 0.3) is 22.6 Å². The van der Waals surface area contributed by atoms with E-state index < -0.39 is 0 Å². The number of aromatic nitrogens is 3. The number of carbonyl (C=O) groups is 1. The molecule has 0 N–H and O–H groups in total. The van der Waals surface area contributed by atoms with Crippen LogP contribution in [0.1, 0.15) is 48.1 Å². The lowest BCUT2D eigenvalue weighted by atomic mass is 9.97. The Hall–Kier alpha value is -3.80. The van der Waals surface area contributed by atoms with Crippen LogP contribution in [0.5, 0.6) is 0 Å². The molecule has 6 heteroatoms. The highest BCUT2D eigenvalue weighted by Gasteiger charge is 2.30. The molecule has 0 saturated carbocycles. The molecular formula is C27H26N4O2. The molecule has 1 aliphatic rings. The fourth-order valence-electron chi connectivity index (χ4n) is 4.38. The lowest BCUT2D eigenvalue weighted by molar-refractivity contribution is -0.117. The maximum Gasteiger partial charge on any atom is 0.233 e. The molecule has 0 unspecified atom stereocenters. The number of carbonyl (C=O) groups excluding carboxylic acids is 1. The van der Waals surface area contributed by atoms with Crippen molar-refractivity contribution in [3.63, 3.8) is 0 Å². The number of anilines is 1. The van der Waals surface area contributed by atoms with Gasteiger partial charge in [0.1, 0.15) is 17.3 Å². The maximum absolute atomic E-state index is 12.8. The molecule has 0 spiro atoms. The van der Waals surface area contributed by atoms with Crippen LogP contribution in [0.3, 0.4) is 0 Å². The van der Waals surface area contributed by atoms with E-state index in [0.717, 1.165) is 33.7 Å². The Balaban J connectivity index is 1.44. The first-order valence-electron chi connectivity index (χ1n) is 11.2. The number of amides is 1. The van der Waals surface area contributed by atoms with Crippen LogP contribution in [0.4, 0.5) is 5.82 Å². The summed E-state index contributed by atoms with van der Waals surface area (Å²) in [7, 11) is 0. The summed E-state index contributed by atoms with van der Waals surface area (Å²) in [6, 6.07) is 16.3. The van der Waals surface area contributed by atoms with E-state index in [0.29, 0.717) is 36.4 Å². The van der Waals surface area contributed by atoms with Crippen LogP contribution in [0, 0.1) is 13.8 Å². The van der Waals surface area contributed by atoms with Gasteiger partial charge in [-0.1, -0.05) is 62.4 Å². The van der Waals surface area contributed by atoms with Gasteiger partial charge in [0.15, 0.2) is 11.7 Å². The van der Waals surface area contributed by atoms with E-state index in [2.05, 4.69) is 29.9 Å². The Morgan fingerprint density at radius 2 is 1.79 bits per heavy atom. The minimum atomic E-state index is 0.0423. The van der Waals surface area contributed by atoms with Crippen molar-refractivity contribution in [1.29, 1.82) is 0 Å². The number of aryl methyl sites for hydroxylation is 2. The molecule has 33 heavy (non-hydrogen) atoms. The lowest BCUT2D eigenvalue weighted by Gasteiger charge is -2.18. The van der Waals surface area contributed by atoms with Gasteiger partial charge in [0.25, 0.3) is 0 Å². The Kier molecular flexibility index (Phi) is 5.29. The number of benzene rings is 2. The average molecular weight is 439 g/mol. The number of fused-ring (bicyclic) bond motifs is 1. The van der Waals surface area contributed by atoms with Crippen molar-refractivity contribution in [3.8, 4) is 22.6 Å². The van der Waals surface area contributed by atoms with Crippen LogP contribution in [0.2, 0.25) is 0 Å². The van der Waals surface area contributed by atoms with Gasteiger partial charge in [0.05, 0.1) is 13.0 Å². The largest absolute Gasteiger partial charge is 0.446 e. The molecule has 2 aromatic heterocycles. The molecule has 6 nitrogen and oxygen atoms in total. The zero-order chi connectivity index (χ0) is 23.1. The SMILES string of the molecule is Cc1nc(-c2ccc(CN3C(=O)Cc4cnc(-c5ccccc5C(C)C)nc43)cc2)c(C)o1. The number of rotatable bonds is 5. The fourth-order valence-corrected chi connectivity index (χ4v) is 4.38. The summed E-state index contributed by atoms with van der Waals surface area (Å²) in [6.07, 6.45) is 2.13. The van der Waals surface area contributed by atoms with E-state index in [4.69, 9.17) is 9.40 Å². The van der Waals surface area contributed by atoms with Gasteiger partial charge in [-0.25, -0.2) is 15.0 Å². The van der Waals surface area contributed by atoms with Gasteiger partial charge in [0.2, 0.25) is 5.91 Å².